The number of carbonyl (C=O) groups is 1. The standard InChI is InChI=1S/C29H33FN2O5S/c1-20-16-32(21(2)18-33)29(34)27-11-7-6-10-26(27)25-9-5-4-8-22(25)19-37-28(20)17-31(3)38(35,36)24-14-12-23(30)13-15-24/h4-15,20-21,28,33H,16-19H2,1-3H3/t20-,21+,28-/m1/s1. The van der Waals surface area contributed by atoms with E-state index < -0.39 is 28.0 Å². The summed E-state index contributed by atoms with van der Waals surface area (Å²) in [4.78, 5) is 15.5. The van der Waals surface area contributed by atoms with Gasteiger partial charge < -0.3 is 14.7 Å². The van der Waals surface area contributed by atoms with Gasteiger partial charge in [0.25, 0.3) is 5.91 Å². The van der Waals surface area contributed by atoms with Crippen molar-refractivity contribution >= 4 is 15.9 Å². The second-order valence-corrected chi connectivity index (χ2v) is 11.8. The second-order valence-electron chi connectivity index (χ2n) is 9.76. The van der Waals surface area contributed by atoms with E-state index in [0.717, 1.165) is 28.8 Å². The molecular weight excluding hydrogens is 507 g/mol. The number of hydrogen-bond donors (Lipinski definition) is 1. The molecule has 1 amide bonds. The molecule has 0 bridgehead atoms. The molecule has 7 nitrogen and oxygen atoms in total. The van der Waals surface area contributed by atoms with Crippen LogP contribution in [-0.2, 0) is 21.4 Å². The fraction of sp³-hybridized carbons (Fsp3) is 0.345. The van der Waals surface area contributed by atoms with Crippen molar-refractivity contribution in [3.05, 3.63) is 89.7 Å². The maximum Gasteiger partial charge on any atom is 0.254 e. The van der Waals surface area contributed by atoms with Crippen LogP contribution in [0.15, 0.2) is 77.7 Å². The lowest BCUT2D eigenvalue weighted by atomic mass is 9.94. The largest absolute Gasteiger partial charge is 0.394 e. The SMILES string of the molecule is C[C@@H]1CN([C@@H](C)CO)C(=O)c2ccccc2-c2ccccc2CO[C@@H]1CN(C)S(=O)(=O)c1ccc(F)cc1. The Hall–Kier alpha value is -3.11. The molecule has 0 spiro atoms. The highest BCUT2D eigenvalue weighted by molar-refractivity contribution is 7.89. The average molecular weight is 541 g/mol. The first-order valence-corrected chi connectivity index (χ1v) is 14.0. The first-order valence-electron chi connectivity index (χ1n) is 12.6. The van der Waals surface area contributed by atoms with Crippen molar-refractivity contribution in [1.29, 1.82) is 0 Å². The van der Waals surface area contributed by atoms with E-state index in [4.69, 9.17) is 4.74 Å². The van der Waals surface area contributed by atoms with E-state index in [1.54, 1.807) is 17.9 Å². The number of halogens is 1. The normalized spacial score (nSPS) is 19.4. The van der Waals surface area contributed by atoms with Crippen LogP contribution in [0.5, 0.6) is 0 Å². The summed E-state index contributed by atoms with van der Waals surface area (Å²) in [6.07, 6.45) is -0.578. The van der Waals surface area contributed by atoms with Gasteiger partial charge in [0.2, 0.25) is 10.0 Å². The molecule has 1 aliphatic rings. The first-order chi connectivity index (χ1) is 18.1. The molecule has 9 heteroatoms. The van der Waals surface area contributed by atoms with Gasteiger partial charge in [-0.05, 0) is 53.9 Å². The molecule has 3 aromatic rings. The zero-order valence-corrected chi connectivity index (χ0v) is 22.6. The van der Waals surface area contributed by atoms with Crippen LogP contribution in [0.4, 0.5) is 4.39 Å². The Balaban J connectivity index is 1.73. The minimum atomic E-state index is -3.91. The number of hydrogen-bond acceptors (Lipinski definition) is 5. The molecule has 3 atom stereocenters. The zero-order chi connectivity index (χ0) is 27.4. The van der Waals surface area contributed by atoms with Gasteiger partial charge in [-0.25, -0.2) is 12.8 Å². The number of amides is 1. The average Bonchev–Trinajstić information content (AvgIpc) is 2.94. The molecule has 1 heterocycles. The molecule has 38 heavy (non-hydrogen) atoms. The predicted octanol–water partition coefficient (Wildman–Crippen LogP) is 4.17. The van der Waals surface area contributed by atoms with Gasteiger partial charge in [0.1, 0.15) is 5.82 Å². The van der Waals surface area contributed by atoms with Crippen LogP contribution < -0.4 is 0 Å². The van der Waals surface area contributed by atoms with Gasteiger partial charge in [0, 0.05) is 31.6 Å². The molecule has 0 aliphatic carbocycles. The molecule has 3 aromatic carbocycles. The Bertz CT molecular complexity index is 1380. The van der Waals surface area contributed by atoms with Crippen LogP contribution in [0, 0.1) is 11.7 Å². The van der Waals surface area contributed by atoms with Gasteiger partial charge in [-0.15, -0.1) is 0 Å². The number of ether oxygens (including phenoxy) is 1. The van der Waals surface area contributed by atoms with Crippen molar-refractivity contribution < 1.29 is 27.4 Å². The number of fused-ring (bicyclic) bond motifs is 3. The van der Waals surface area contributed by atoms with Gasteiger partial charge >= 0.3 is 0 Å². The Morgan fingerprint density at radius 3 is 2.29 bits per heavy atom. The van der Waals surface area contributed by atoms with Crippen LogP contribution in [0.1, 0.15) is 29.8 Å². The van der Waals surface area contributed by atoms with Gasteiger partial charge in [-0.1, -0.05) is 49.4 Å². The van der Waals surface area contributed by atoms with Crippen molar-refractivity contribution in [2.75, 3.05) is 26.7 Å². The molecule has 202 valence electrons. The van der Waals surface area contributed by atoms with Crippen molar-refractivity contribution in [2.45, 2.75) is 37.5 Å². The fourth-order valence-corrected chi connectivity index (χ4v) is 5.87. The Morgan fingerprint density at radius 1 is 1.03 bits per heavy atom. The molecule has 0 saturated carbocycles. The highest BCUT2D eigenvalue weighted by atomic mass is 32.2. The first kappa shape index (κ1) is 27.9. The number of carbonyl (C=O) groups excluding carboxylic acids is 1. The fourth-order valence-electron chi connectivity index (χ4n) is 4.69. The highest BCUT2D eigenvalue weighted by Gasteiger charge is 2.32. The topological polar surface area (TPSA) is 87.2 Å². The number of aliphatic hydroxyl groups is 1. The number of sulfonamides is 1. The van der Waals surface area contributed by atoms with E-state index in [2.05, 4.69) is 0 Å². The molecule has 0 saturated heterocycles. The van der Waals surface area contributed by atoms with Crippen LogP contribution in [0.3, 0.4) is 0 Å². The van der Waals surface area contributed by atoms with Crippen LogP contribution >= 0.6 is 0 Å². The van der Waals surface area contributed by atoms with Crippen LogP contribution in [-0.4, -0.2) is 67.5 Å². The molecule has 0 fully saturated rings. The third-order valence-electron chi connectivity index (χ3n) is 7.05. The molecule has 0 aromatic heterocycles. The summed E-state index contributed by atoms with van der Waals surface area (Å²) >= 11 is 0. The predicted molar refractivity (Wildman–Crippen MR) is 143 cm³/mol. The van der Waals surface area contributed by atoms with Crippen LogP contribution in [0.25, 0.3) is 11.1 Å². The van der Waals surface area contributed by atoms with E-state index in [1.165, 1.54) is 23.5 Å². The molecule has 1 N–H and O–H groups in total. The number of likely N-dealkylation sites (N-methyl/N-ethyl adjacent to an activating group) is 1. The lowest BCUT2D eigenvalue weighted by molar-refractivity contribution is -0.0146. The van der Waals surface area contributed by atoms with E-state index >= 15 is 0 Å². The molecule has 1 aliphatic heterocycles. The quantitative estimate of drug-likeness (QED) is 0.507. The van der Waals surface area contributed by atoms with Crippen molar-refractivity contribution in [3.63, 3.8) is 0 Å². The van der Waals surface area contributed by atoms with E-state index in [1.807, 2.05) is 49.4 Å². The van der Waals surface area contributed by atoms with Gasteiger partial charge in [0.15, 0.2) is 0 Å². The van der Waals surface area contributed by atoms with E-state index in [-0.39, 0.29) is 43.0 Å². The second kappa shape index (κ2) is 11.7. The zero-order valence-electron chi connectivity index (χ0n) is 21.7. The summed E-state index contributed by atoms with van der Waals surface area (Å²) < 4.78 is 47.4. The minimum absolute atomic E-state index is 0.0165. The van der Waals surface area contributed by atoms with Crippen LogP contribution in [0.2, 0.25) is 0 Å². The molecule has 4 rings (SSSR count). The number of aliphatic hydroxyl groups excluding tert-OH is 1. The summed E-state index contributed by atoms with van der Waals surface area (Å²) in [5.74, 6) is -1.01. The summed E-state index contributed by atoms with van der Waals surface area (Å²) in [5, 5.41) is 9.96. The lowest BCUT2D eigenvalue weighted by Gasteiger charge is -2.35. The van der Waals surface area contributed by atoms with Gasteiger partial charge in [-0.3, -0.25) is 4.79 Å². The van der Waals surface area contributed by atoms with Gasteiger partial charge in [-0.2, -0.15) is 4.31 Å². The van der Waals surface area contributed by atoms with Crippen molar-refractivity contribution in [2.24, 2.45) is 5.92 Å². The Morgan fingerprint density at radius 2 is 1.63 bits per heavy atom. The lowest BCUT2D eigenvalue weighted by Crippen LogP contribution is -2.47. The van der Waals surface area contributed by atoms with Crippen molar-refractivity contribution in [3.8, 4) is 11.1 Å². The highest BCUT2D eigenvalue weighted by Crippen LogP contribution is 2.31. The van der Waals surface area contributed by atoms with Gasteiger partial charge in [0.05, 0.1) is 30.3 Å². The maximum atomic E-state index is 13.9. The monoisotopic (exact) mass is 540 g/mol. The summed E-state index contributed by atoms with van der Waals surface area (Å²) in [6.45, 7) is 3.95. The Kier molecular flexibility index (Phi) is 8.62. The molecule has 0 unspecified atom stereocenters. The number of nitrogens with zero attached hydrogens (tertiary/aromatic N) is 2. The van der Waals surface area contributed by atoms with E-state index in [9.17, 15) is 22.7 Å². The van der Waals surface area contributed by atoms with E-state index in [0.29, 0.717) is 5.56 Å². The third kappa shape index (κ3) is 5.81. The smallest absolute Gasteiger partial charge is 0.254 e. The number of rotatable bonds is 6. The third-order valence-corrected chi connectivity index (χ3v) is 8.89. The van der Waals surface area contributed by atoms with Crippen molar-refractivity contribution in [1.82, 2.24) is 9.21 Å². The molecule has 0 radical (unpaired) electrons. The minimum Gasteiger partial charge on any atom is -0.394 e. The molecular formula is C29H33FN2O5S. The summed E-state index contributed by atoms with van der Waals surface area (Å²) in [6, 6.07) is 19.3. The maximum absolute atomic E-state index is 13.9. The number of benzene rings is 3. The Labute approximate surface area is 223 Å². The summed E-state index contributed by atoms with van der Waals surface area (Å²) in [5.41, 5.74) is 3.03. The summed E-state index contributed by atoms with van der Waals surface area (Å²) in [7, 11) is -2.45.